The molecule has 0 unspecified atom stereocenters. The minimum Gasteiger partial charge on any atom is -0.378 e. The largest absolute Gasteiger partial charge is 0.378 e. The fourth-order valence-corrected chi connectivity index (χ4v) is 9.28. The van der Waals surface area contributed by atoms with Gasteiger partial charge in [0.25, 0.3) is 0 Å². The molecule has 0 spiro atoms. The molecule has 8 heterocycles. The van der Waals surface area contributed by atoms with Gasteiger partial charge in [0.15, 0.2) is 0 Å². The topological polar surface area (TPSA) is 156 Å². The molecule has 0 radical (unpaired) electrons. The predicted molar refractivity (Wildman–Crippen MR) is 229 cm³/mol. The summed E-state index contributed by atoms with van der Waals surface area (Å²) in [6.07, 6.45) is 4.45. The summed E-state index contributed by atoms with van der Waals surface area (Å²) in [7, 11) is 0. The second kappa shape index (κ2) is 23.0. The minimum absolute atomic E-state index is 0.00460. The fraction of sp³-hybridized carbons (Fsp3) is 0.579. The molecule has 4 saturated heterocycles. The van der Waals surface area contributed by atoms with E-state index in [1.54, 1.807) is 27.6 Å². The van der Waals surface area contributed by atoms with Crippen molar-refractivity contribution in [2.75, 3.05) is 102 Å². The summed E-state index contributed by atoms with van der Waals surface area (Å²) in [4.78, 5) is 31.6. The number of halogens is 3. The molecule has 14 nitrogen and oxygen atoms in total. The van der Waals surface area contributed by atoms with Crippen LogP contribution in [0.25, 0.3) is 0 Å². The number of ether oxygens (including phenoxy) is 2. The summed E-state index contributed by atoms with van der Waals surface area (Å²) in [5, 5.41) is 25.1. The molecule has 5 N–H and O–H groups in total. The average Bonchev–Trinajstić information content (AvgIpc) is 4.10. The van der Waals surface area contributed by atoms with E-state index in [0.717, 1.165) is 85.5 Å². The first kappa shape index (κ1) is 43.6. The molecular formula is C38H53Cl3N10O4S2. The van der Waals surface area contributed by atoms with Crippen molar-refractivity contribution in [1.82, 2.24) is 40.4 Å². The van der Waals surface area contributed by atoms with Crippen LogP contribution < -0.4 is 16.0 Å². The number of hydrogen-bond donors (Lipinski definition) is 5. The van der Waals surface area contributed by atoms with Crippen LogP contribution in [0.1, 0.15) is 58.7 Å². The molecule has 57 heavy (non-hydrogen) atoms. The smallest absolute Gasteiger partial charge is 0.237 e. The summed E-state index contributed by atoms with van der Waals surface area (Å²) in [5.74, 6) is 3.17. The third-order valence-electron chi connectivity index (χ3n) is 10.3. The number of hydrogen-bond acceptors (Lipinski definition) is 12. The van der Waals surface area contributed by atoms with E-state index in [-0.39, 0.29) is 17.7 Å². The Kier molecular flexibility index (Phi) is 17.6. The van der Waals surface area contributed by atoms with Crippen molar-refractivity contribution in [3.05, 3.63) is 66.2 Å². The molecule has 8 rings (SSSR count). The molecule has 19 heteroatoms. The van der Waals surface area contributed by atoms with Crippen molar-refractivity contribution in [1.29, 1.82) is 0 Å². The van der Waals surface area contributed by atoms with E-state index in [1.165, 1.54) is 34.0 Å². The monoisotopic (exact) mass is 882 g/mol. The zero-order valence-corrected chi connectivity index (χ0v) is 36.0. The van der Waals surface area contributed by atoms with Crippen LogP contribution in [0, 0.1) is 0 Å². The Balaban J connectivity index is 0.000000162. The van der Waals surface area contributed by atoms with E-state index >= 15 is 0 Å². The van der Waals surface area contributed by atoms with Gasteiger partial charge in [0, 0.05) is 71.3 Å². The van der Waals surface area contributed by atoms with Gasteiger partial charge >= 0.3 is 0 Å². The molecule has 4 aliphatic heterocycles. The molecule has 0 aromatic carbocycles. The average molecular weight is 884 g/mol. The second-order valence-electron chi connectivity index (χ2n) is 14.2. The zero-order valence-electron chi connectivity index (χ0n) is 32.1. The van der Waals surface area contributed by atoms with Crippen molar-refractivity contribution < 1.29 is 19.1 Å². The minimum atomic E-state index is 0.00460. The van der Waals surface area contributed by atoms with Crippen LogP contribution in [0.3, 0.4) is 0 Å². The normalized spacial score (nSPS) is 18.3. The lowest BCUT2D eigenvalue weighted by molar-refractivity contribution is -0.136. The lowest BCUT2D eigenvalue weighted by atomic mass is 9.93. The molecule has 2 amide bonds. The van der Waals surface area contributed by atoms with Gasteiger partial charge in [-0.15, -0.1) is 34.3 Å². The first-order chi connectivity index (χ1) is 27.8. The number of nitrogens with zero attached hydrogens (tertiary/aromatic N) is 5. The highest BCUT2D eigenvalue weighted by atomic mass is 35.5. The Morgan fingerprint density at radius 3 is 1.63 bits per heavy atom. The summed E-state index contributed by atoms with van der Waals surface area (Å²) < 4.78 is 12.0. The van der Waals surface area contributed by atoms with Gasteiger partial charge in [0.2, 0.25) is 11.8 Å². The molecule has 0 bridgehead atoms. The Morgan fingerprint density at radius 2 is 1.18 bits per heavy atom. The molecule has 4 aromatic heterocycles. The maximum atomic E-state index is 12.4. The highest BCUT2D eigenvalue weighted by molar-refractivity contribution is 7.16. The number of carbonyl (C=O) groups is 2. The number of alkyl halides is 1. The number of H-pyrrole nitrogens is 2. The number of morpholine rings is 2. The number of nitrogens with one attached hydrogen (secondary N) is 5. The van der Waals surface area contributed by atoms with Gasteiger partial charge in [-0.25, -0.2) is 0 Å². The van der Waals surface area contributed by atoms with Gasteiger partial charge in [-0.3, -0.25) is 24.7 Å². The molecule has 0 aliphatic carbocycles. The van der Waals surface area contributed by atoms with E-state index < -0.39 is 0 Å². The molecule has 0 saturated carbocycles. The highest BCUT2D eigenvalue weighted by Crippen LogP contribution is 2.29. The summed E-state index contributed by atoms with van der Waals surface area (Å²) in [6.45, 7) is 11.5. The predicted octanol–water partition coefficient (Wildman–Crippen LogP) is 6.06. The number of carbonyl (C=O) groups excluding carboxylic acids is 2. The van der Waals surface area contributed by atoms with Gasteiger partial charge in [-0.05, 0) is 76.1 Å². The van der Waals surface area contributed by atoms with E-state index in [4.69, 9.17) is 44.3 Å². The molecule has 4 fully saturated rings. The standard InChI is InChI=1S/C19H26ClN5O2S.C13H17ClN4S.C6H10ClNO2/c20-17-2-1-15(28-17)12-21-18-11-16(22-23-18)14-3-5-24(6-4-14)13-19(26)25-7-9-27-10-8-25;14-12-2-1-10(19-12)8-16-13-7-11(17-18-13)9-3-5-15-6-4-9;7-5-6(9)8-1-3-10-4-2-8/h1-2,11,14H,3-10,12-13H2,(H2,21,22,23);1-2,7,9,15H,3-6,8H2,(H2,16,17,18);1-5H2. The number of anilines is 2. The Hall–Kier alpha value is -2.93. The number of thiophene rings is 2. The quantitative estimate of drug-likeness (QED) is 0.112. The lowest BCUT2D eigenvalue weighted by Gasteiger charge is -2.33. The van der Waals surface area contributed by atoms with E-state index in [2.05, 4.69) is 53.4 Å². The summed E-state index contributed by atoms with van der Waals surface area (Å²) >= 11 is 20.4. The van der Waals surface area contributed by atoms with Crippen LogP contribution in [0.5, 0.6) is 0 Å². The Morgan fingerprint density at radius 1 is 0.702 bits per heavy atom. The van der Waals surface area contributed by atoms with Crippen molar-refractivity contribution >= 4 is 80.9 Å². The first-order valence-electron chi connectivity index (χ1n) is 19.6. The van der Waals surface area contributed by atoms with Crippen LogP contribution in [0.2, 0.25) is 8.67 Å². The zero-order chi connectivity index (χ0) is 39.8. The SMILES string of the molecule is Clc1ccc(CNc2cc(C3CCNCC3)[nH]n2)s1.O=C(CCl)N1CCOCC1.O=C(CN1CCC(c2cc(NCc3ccc(Cl)s3)n[nH]2)CC1)N1CCOCC1. The summed E-state index contributed by atoms with van der Waals surface area (Å²) in [5.41, 5.74) is 2.42. The number of amides is 2. The van der Waals surface area contributed by atoms with Crippen LogP contribution in [0.15, 0.2) is 36.4 Å². The lowest BCUT2D eigenvalue weighted by Crippen LogP contribution is -2.47. The van der Waals surface area contributed by atoms with Crippen LogP contribution in [-0.4, -0.2) is 138 Å². The molecule has 4 aromatic rings. The van der Waals surface area contributed by atoms with Gasteiger partial charge in [0.05, 0.1) is 54.7 Å². The van der Waals surface area contributed by atoms with Gasteiger partial charge in [-0.1, -0.05) is 23.2 Å². The van der Waals surface area contributed by atoms with Crippen LogP contribution in [-0.2, 0) is 32.2 Å². The maximum absolute atomic E-state index is 12.4. The number of likely N-dealkylation sites (tertiary alicyclic amines) is 1. The van der Waals surface area contributed by atoms with E-state index in [0.29, 0.717) is 57.9 Å². The van der Waals surface area contributed by atoms with Crippen LogP contribution in [0.4, 0.5) is 11.6 Å². The van der Waals surface area contributed by atoms with E-state index in [9.17, 15) is 9.59 Å². The molecular weight excluding hydrogens is 831 g/mol. The Labute approximate surface area is 357 Å². The van der Waals surface area contributed by atoms with Crippen molar-refractivity contribution in [3.63, 3.8) is 0 Å². The molecule has 312 valence electrons. The van der Waals surface area contributed by atoms with Gasteiger partial charge in [0.1, 0.15) is 17.5 Å². The molecule has 4 aliphatic rings. The van der Waals surface area contributed by atoms with Crippen molar-refractivity contribution in [2.24, 2.45) is 0 Å². The number of piperidine rings is 2. The number of rotatable bonds is 11. The Bertz CT molecular complexity index is 1800. The van der Waals surface area contributed by atoms with Crippen molar-refractivity contribution in [2.45, 2.75) is 50.6 Å². The fourth-order valence-electron chi connectivity index (χ4n) is 7.06. The second-order valence-corrected chi connectivity index (χ2v) is 18.1. The highest BCUT2D eigenvalue weighted by Gasteiger charge is 2.26. The van der Waals surface area contributed by atoms with Crippen molar-refractivity contribution in [3.8, 4) is 0 Å². The van der Waals surface area contributed by atoms with E-state index in [1.807, 2.05) is 29.2 Å². The van der Waals surface area contributed by atoms with Crippen LogP contribution >= 0.6 is 57.5 Å². The third-order valence-corrected chi connectivity index (χ3v) is 13.0. The first-order valence-corrected chi connectivity index (χ1v) is 22.5. The summed E-state index contributed by atoms with van der Waals surface area (Å²) in [6, 6.07) is 12.1. The number of aromatic nitrogens is 4. The van der Waals surface area contributed by atoms with Gasteiger partial charge in [-0.2, -0.15) is 10.2 Å². The maximum Gasteiger partial charge on any atom is 0.237 e. The van der Waals surface area contributed by atoms with Gasteiger partial charge < -0.3 is 35.2 Å². The molecule has 0 atom stereocenters. The number of aromatic amines is 2. The third kappa shape index (κ3) is 14.1.